The molecule has 0 aliphatic heterocycles. The molecule has 1 unspecified atom stereocenters. The number of hydrogen-bond donors (Lipinski definition) is 0. The maximum absolute atomic E-state index is 5.52. The van der Waals surface area contributed by atoms with Crippen LogP contribution in [0.5, 0.6) is 0 Å². The van der Waals surface area contributed by atoms with Gasteiger partial charge in [0.25, 0.3) is 0 Å². The zero-order chi connectivity index (χ0) is 12.5. The van der Waals surface area contributed by atoms with Crippen molar-refractivity contribution in [2.24, 2.45) is 10.9 Å². The Morgan fingerprint density at radius 3 is 2.76 bits per heavy atom. The SMILES string of the molecule is C=CC(C)/C=C\N=C(C)OCc1ccccc1. The summed E-state index contributed by atoms with van der Waals surface area (Å²) in [6, 6.07) is 10.0. The lowest BCUT2D eigenvalue weighted by molar-refractivity contribution is 0.290. The van der Waals surface area contributed by atoms with Crippen LogP contribution >= 0.6 is 0 Å². The van der Waals surface area contributed by atoms with Crippen molar-refractivity contribution in [3.05, 3.63) is 60.8 Å². The summed E-state index contributed by atoms with van der Waals surface area (Å²) in [6.07, 6.45) is 5.60. The lowest BCUT2D eigenvalue weighted by Gasteiger charge is -2.04. The molecule has 0 aliphatic carbocycles. The molecule has 90 valence electrons. The third-order valence-electron chi connectivity index (χ3n) is 2.31. The summed E-state index contributed by atoms with van der Waals surface area (Å²) in [5.41, 5.74) is 1.14. The molecule has 0 saturated carbocycles. The van der Waals surface area contributed by atoms with Crippen molar-refractivity contribution in [1.82, 2.24) is 0 Å². The number of ether oxygens (including phenoxy) is 1. The van der Waals surface area contributed by atoms with Crippen molar-refractivity contribution in [2.75, 3.05) is 0 Å². The molecule has 2 heteroatoms. The second kappa shape index (κ2) is 7.44. The van der Waals surface area contributed by atoms with Crippen molar-refractivity contribution in [3.8, 4) is 0 Å². The minimum Gasteiger partial charge on any atom is -0.476 e. The molecule has 0 bridgehead atoms. The highest BCUT2D eigenvalue weighted by atomic mass is 16.5. The molecular formula is C15H19NO. The highest BCUT2D eigenvalue weighted by molar-refractivity contribution is 5.73. The normalized spacial score (nSPS) is 13.6. The molecule has 1 atom stereocenters. The molecular weight excluding hydrogens is 210 g/mol. The number of benzene rings is 1. The lowest BCUT2D eigenvalue weighted by atomic mass is 10.2. The Hall–Kier alpha value is -1.83. The number of hydrogen-bond acceptors (Lipinski definition) is 2. The standard InChI is InChI=1S/C15H19NO/c1-4-13(2)10-11-16-14(3)17-12-15-8-6-5-7-9-15/h4-11,13H,1,12H2,2-3H3/b11-10-,16-14?. The molecule has 1 aromatic rings. The van der Waals surface area contributed by atoms with Crippen LogP contribution in [0.3, 0.4) is 0 Å². The molecule has 0 saturated heterocycles. The predicted octanol–water partition coefficient (Wildman–Crippen LogP) is 3.96. The topological polar surface area (TPSA) is 21.6 Å². The summed E-state index contributed by atoms with van der Waals surface area (Å²) in [5, 5.41) is 0. The van der Waals surface area contributed by atoms with Gasteiger partial charge < -0.3 is 4.74 Å². The Balaban J connectivity index is 2.39. The second-order valence-electron chi connectivity index (χ2n) is 3.86. The fourth-order valence-corrected chi connectivity index (χ4v) is 1.16. The minimum absolute atomic E-state index is 0.334. The summed E-state index contributed by atoms with van der Waals surface area (Å²) < 4.78 is 5.52. The third-order valence-corrected chi connectivity index (χ3v) is 2.31. The predicted molar refractivity (Wildman–Crippen MR) is 72.8 cm³/mol. The quantitative estimate of drug-likeness (QED) is 0.425. The van der Waals surface area contributed by atoms with Crippen molar-refractivity contribution in [2.45, 2.75) is 20.5 Å². The first kappa shape index (κ1) is 13.2. The van der Waals surface area contributed by atoms with E-state index in [1.54, 1.807) is 6.20 Å². The molecule has 0 aliphatic rings. The fourth-order valence-electron chi connectivity index (χ4n) is 1.16. The van der Waals surface area contributed by atoms with Crippen molar-refractivity contribution in [1.29, 1.82) is 0 Å². The van der Waals surface area contributed by atoms with Gasteiger partial charge in [-0.05, 0) is 11.5 Å². The van der Waals surface area contributed by atoms with Gasteiger partial charge in [-0.3, -0.25) is 0 Å². The number of rotatable bonds is 5. The van der Waals surface area contributed by atoms with E-state index in [1.807, 2.05) is 49.4 Å². The maximum Gasteiger partial charge on any atom is 0.184 e. The Labute approximate surface area is 103 Å². The van der Waals surface area contributed by atoms with Crippen LogP contribution in [-0.2, 0) is 11.3 Å². The Morgan fingerprint density at radius 1 is 1.41 bits per heavy atom. The Morgan fingerprint density at radius 2 is 2.12 bits per heavy atom. The second-order valence-corrected chi connectivity index (χ2v) is 3.86. The van der Waals surface area contributed by atoms with Gasteiger partial charge in [-0.25, -0.2) is 4.99 Å². The van der Waals surface area contributed by atoms with Crippen LogP contribution in [0.15, 0.2) is 60.3 Å². The van der Waals surface area contributed by atoms with E-state index in [1.165, 1.54) is 0 Å². The molecule has 17 heavy (non-hydrogen) atoms. The monoisotopic (exact) mass is 229 g/mol. The number of allylic oxidation sites excluding steroid dienone is 2. The van der Waals surface area contributed by atoms with Gasteiger partial charge in [0.05, 0.1) is 0 Å². The molecule has 0 aromatic heterocycles. The highest BCUT2D eigenvalue weighted by Gasteiger charge is 1.93. The van der Waals surface area contributed by atoms with E-state index in [0.717, 1.165) is 5.56 Å². The first-order valence-corrected chi connectivity index (χ1v) is 5.72. The van der Waals surface area contributed by atoms with Crippen LogP contribution in [0.1, 0.15) is 19.4 Å². The van der Waals surface area contributed by atoms with Gasteiger partial charge in [0.2, 0.25) is 0 Å². The highest BCUT2D eigenvalue weighted by Crippen LogP contribution is 2.02. The van der Waals surface area contributed by atoms with E-state index in [2.05, 4.69) is 18.5 Å². The summed E-state index contributed by atoms with van der Waals surface area (Å²) in [4.78, 5) is 4.19. The van der Waals surface area contributed by atoms with Crippen molar-refractivity contribution >= 4 is 5.90 Å². The van der Waals surface area contributed by atoms with Crippen molar-refractivity contribution in [3.63, 3.8) is 0 Å². The summed E-state index contributed by atoms with van der Waals surface area (Å²) in [5.74, 6) is 1.00. The van der Waals surface area contributed by atoms with Gasteiger partial charge in [0.1, 0.15) is 6.61 Å². The van der Waals surface area contributed by atoms with E-state index in [-0.39, 0.29) is 0 Å². The van der Waals surface area contributed by atoms with Gasteiger partial charge in [0.15, 0.2) is 5.90 Å². The van der Waals surface area contributed by atoms with Crippen LogP contribution < -0.4 is 0 Å². The van der Waals surface area contributed by atoms with Crippen molar-refractivity contribution < 1.29 is 4.74 Å². The average Bonchev–Trinajstić information content (AvgIpc) is 2.37. The van der Waals surface area contributed by atoms with Gasteiger partial charge in [-0.15, -0.1) is 6.58 Å². The zero-order valence-electron chi connectivity index (χ0n) is 10.5. The smallest absolute Gasteiger partial charge is 0.184 e. The van der Waals surface area contributed by atoms with Crippen LogP contribution in [0.25, 0.3) is 0 Å². The molecule has 0 amide bonds. The first-order chi connectivity index (χ1) is 8.22. The fraction of sp³-hybridized carbons (Fsp3) is 0.267. The third kappa shape index (κ3) is 5.71. The van der Waals surface area contributed by atoms with E-state index >= 15 is 0 Å². The van der Waals surface area contributed by atoms with E-state index in [4.69, 9.17) is 4.74 Å². The molecule has 1 aromatic carbocycles. The van der Waals surface area contributed by atoms with E-state index < -0.39 is 0 Å². The lowest BCUT2D eigenvalue weighted by Crippen LogP contribution is -1.99. The Kier molecular flexibility index (Phi) is 5.80. The molecule has 0 heterocycles. The first-order valence-electron chi connectivity index (χ1n) is 5.72. The number of nitrogens with zero attached hydrogens (tertiary/aromatic N) is 1. The van der Waals surface area contributed by atoms with E-state index in [0.29, 0.717) is 18.4 Å². The van der Waals surface area contributed by atoms with E-state index in [9.17, 15) is 0 Å². The minimum atomic E-state index is 0.334. The van der Waals surface area contributed by atoms with Crippen LogP contribution in [-0.4, -0.2) is 5.90 Å². The number of aliphatic imine (C=N–C) groups is 1. The summed E-state index contributed by atoms with van der Waals surface area (Å²) >= 11 is 0. The van der Waals surface area contributed by atoms with Crippen LogP contribution in [0.4, 0.5) is 0 Å². The average molecular weight is 229 g/mol. The summed E-state index contributed by atoms with van der Waals surface area (Å²) in [6.45, 7) is 8.17. The summed E-state index contributed by atoms with van der Waals surface area (Å²) in [7, 11) is 0. The van der Waals surface area contributed by atoms with Crippen LogP contribution in [0, 0.1) is 5.92 Å². The molecule has 0 radical (unpaired) electrons. The van der Waals surface area contributed by atoms with Gasteiger partial charge in [-0.2, -0.15) is 0 Å². The van der Waals surface area contributed by atoms with Gasteiger partial charge in [0, 0.05) is 13.1 Å². The largest absolute Gasteiger partial charge is 0.476 e. The maximum atomic E-state index is 5.52. The molecule has 0 fully saturated rings. The van der Waals surface area contributed by atoms with Crippen LogP contribution in [0.2, 0.25) is 0 Å². The van der Waals surface area contributed by atoms with Gasteiger partial charge in [-0.1, -0.05) is 49.4 Å². The molecule has 1 rings (SSSR count). The zero-order valence-corrected chi connectivity index (χ0v) is 10.5. The molecule has 0 spiro atoms. The molecule has 0 N–H and O–H groups in total. The molecule has 2 nitrogen and oxygen atoms in total. The Bertz CT molecular complexity index is 393. The van der Waals surface area contributed by atoms with Gasteiger partial charge >= 0.3 is 0 Å².